The molecule has 150 valence electrons. The highest BCUT2D eigenvalue weighted by atomic mass is 35.5. The number of benzene rings is 3. The van der Waals surface area contributed by atoms with E-state index in [1.807, 2.05) is 42.5 Å². The van der Waals surface area contributed by atoms with Crippen LogP contribution in [0.15, 0.2) is 83.8 Å². The van der Waals surface area contributed by atoms with Crippen LogP contribution in [0.5, 0.6) is 0 Å². The molecule has 0 radical (unpaired) electrons. The van der Waals surface area contributed by atoms with E-state index in [9.17, 15) is 8.42 Å². The second-order valence-corrected chi connectivity index (χ2v) is 9.53. The molecule has 0 amide bonds. The van der Waals surface area contributed by atoms with E-state index in [-0.39, 0.29) is 0 Å². The smallest absolute Gasteiger partial charge is 0.243 e. The van der Waals surface area contributed by atoms with Crippen molar-refractivity contribution >= 4 is 21.6 Å². The van der Waals surface area contributed by atoms with Gasteiger partial charge in [0.1, 0.15) is 0 Å². The minimum absolute atomic E-state index is 0.363. The number of rotatable bonds is 5. The standard InChI is InChI=1S/C23H23ClN2O2S/c24-21-12-10-19(11-13-21)23-9-5-4-6-20(23)18-25-14-16-26(17-15-25)29(27,28)22-7-2-1-3-8-22/h1-13H,14-18H2. The van der Waals surface area contributed by atoms with Crippen LogP contribution in [-0.2, 0) is 16.6 Å². The largest absolute Gasteiger partial charge is 0.296 e. The first-order valence-electron chi connectivity index (χ1n) is 9.65. The summed E-state index contributed by atoms with van der Waals surface area (Å²) in [7, 11) is -3.42. The Morgan fingerprint density at radius 2 is 1.38 bits per heavy atom. The van der Waals surface area contributed by atoms with Crippen LogP contribution in [0.3, 0.4) is 0 Å². The predicted molar refractivity (Wildman–Crippen MR) is 117 cm³/mol. The Bertz CT molecular complexity index is 1060. The zero-order valence-electron chi connectivity index (χ0n) is 16.0. The minimum Gasteiger partial charge on any atom is -0.296 e. The third-order valence-corrected chi connectivity index (χ3v) is 7.44. The summed E-state index contributed by atoms with van der Waals surface area (Å²) in [6.07, 6.45) is 0. The average molecular weight is 427 g/mol. The first-order valence-corrected chi connectivity index (χ1v) is 11.5. The second-order valence-electron chi connectivity index (χ2n) is 7.16. The van der Waals surface area contributed by atoms with Crippen molar-refractivity contribution in [3.8, 4) is 11.1 Å². The fraction of sp³-hybridized carbons (Fsp3) is 0.217. The van der Waals surface area contributed by atoms with E-state index >= 15 is 0 Å². The Labute approximate surface area is 177 Å². The van der Waals surface area contributed by atoms with Gasteiger partial charge in [-0.15, -0.1) is 0 Å². The number of sulfonamides is 1. The molecule has 1 heterocycles. The van der Waals surface area contributed by atoms with Crippen LogP contribution < -0.4 is 0 Å². The Kier molecular flexibility index (Phi) is 6.01. The van der Waals surface area contributed by atoms with Crippen LogP contribution in [-0.4, -0.2) is 43.8 Å². The molecule has 0 unspecified atom stereocenters. The molecule has 4 rings (SSSR count). The number of nitrogens with zero attached hydrogens (tertiary/aromatic N) is 2. The van der Waals surface area contributed by atoms with E-state index in [4.69, 9.17) is 11.6 Å². The maximum absolute atomic E-state index is 12.8. The SMILES string of the molecule is O=S(=O)(c1ccccc1)N1CCN(Cc2ccccc2-c2ccc(Cl)cc2)CC1. The molecule has 0 bridgehead atoms. The van der Waals surface area contributed by atoms with Crippen LogP contribution >= 0.6 is 11.6 Å². The molecule has 6 heteroatoms. The number of hydrogen-bond acceptors (Lipinski definition) is 3. The summed E-state index contributed by atoms with van der Waals surface area (Å²) < 4.78 is 27.2. The summed E-state index contributed by atoms with van der Waals surface area (Å²) in [6, 6.07) is 24.9. The molecule has 0 aliphatic carbocycles. The van der Waals surface area contributed by atoms with Crippen molar-refractivity contribution in [2.75, 3.05) is 26.2 Å². The Morgan fingerprint density at radius 3 is 2.07 bits per heavy atom. The maximum atomic E-state index is 12.8. The van der Waals surface area contributed by atoms with Gasteiger partial charge in [-0.1, -0.05) is 66.2 Å². The van der Waals surface area contributed by atoms with Crippen LogP contribution in [0.2, 0.25) is 5.02 Å². The summed E-state index contributed by atoms with van der Waals surface area (Å²) >= 11 is 6.03. The number of halogens is 1. The van der Waals surface area contributed by atoms with Crippen LogP contribution in [0.4, 0.5) is 0 Å². The van der Waals surface area contributed by atoms with Crippen molar-refractivity contribution in [3.05, 3.63) is 89.4 Å². The highest BCUT2D eigenvalue weighted by Crippen LogP contribution is 2.27. The molecule has 4 nitrogen and oxygen atoms in total. The van der Waals surface area contributed by atoms with Gasteiger partial charge >= 0.3 is 0 Å². The van der Waals surface area contributed by atoms with Gasteiger partial charge in [-0.05, 0) is 41.0 Å². The molecule has 0 saturated carbocycles. The molecular weight excluding hydrogens is 404 g/mol. The Balaban J connectivity index is 1.45. The normalized spacial score (nSPS) is 16.0. The van der Waals surface area contributed by atoms with E-state index in [2.05, 4.69) is 17.0 Å². The van der Waals surface area contributed by atoms with Crippen molar-refractivity contribution in [3.63, 3.8) is 0 Å². The van der Waals surface area contributed by atoms with E-state index in [1.54, 1.807) is 28.6 Å². The third kappa shape index (κ3) is 4.54. The highest BCUT2D eigenvalue weighted by Gasteiger charge is 2.28. The maximum Gasteiger partial charge on any atom is 0.243 e. The first-order chi connectivity index (χ1) is 14.0. The molecular formula is C23H23ClN2O2S. The highest BCUT2D eigenvalue weighted by molar-refractivity contribution is 7.89. The topological polar surface area (TPSA) is 40.6 Å². The lowest BCUT2D eigenvalue weighted by Crippen LogP contribution is -2.48. The lowest BCUT2D eigenvalue weighted by Gasteiger charge is -2.34. The molecule has 0 N–H and O–H groups in total. The third-order valence-electron chi connectivity index (χ3n) is 5.28. The lowest BCUT2D eigenvalue weighted by molar-refractivity contribution is 0.182. The predicted octanol–water partition coefficient (Wildman–Crippen LogP) is 4.51. The van der Waals surface area contributed by atoms with Crippen LogP contribution in [0.1, 0.15) is 5.56 Å². The van der Waals surface area contributed by atoms with Gasteiger partial charge in [0.2, 0.25) is 10.0 Å². The zero-order valence-corrected chi connectivity index (χ0v) is 17.6. The van der Waals surface area contributed by atoms with Gasteiger partial charge in [-0.3, -0.25) is 4.90 Å². The van der Waals surface area contributed by atoms with Crippen molar-refractivity contribution in [1.82, 2.24) is 9.21 Å². The molecule has 1 aliphatic heterocycles. The van der Waals surface area contributed by atoms with E-state index in [1.165, 1.54) is 11.1 Å². The van der Waals surface area contributed by atoms with Gasteiger partial charge in [-0.25, -0.2) is 8.42 Å². The molecule has 29 heavy (non-hydrogen) atoms. The first kappa shape index (κ1) is 20.1. The number of piperazine rings is 1. The quantitative estimate of drug-likeness (QED) is 0.602. The molecule has 0 aromatic heterocycles. The zero-order chi connectivity index (χ0) is 20.3. The van der Waals surface area contributed by atoms with Crippen molar-refractivity contribution in [2.45, 2.75) is 11.4 Å². The summed E-state index contributed by atoms with van der Waals surface area (Å²) in [5.41, 5.74) is 3.55. The molecule has 1 aliphatic rings. The van der Waals surface area contributed by atoms with Crippen LogP contribution in [0, 0.1) is 0 Å². The van der Waals surface area contributed by atoms with Crippen molar-refractivity contribution < 1.29 is 8.42 Å². The minimum atomic E-state index is -3.42. The molecule has 3 aromatic carbocycles. The Morgan fingerprint density at radius 1 is 0.759 bits per heavy atom. The summed E-state index contributed by atoms with van der Waals surface area (Å²) in [5.74, 6) is 0. The monoisotopic (exact) mass is 426 g/mol. The molecule has 3 aromatic rings. The second kappa shape index (κ2) is 8.67. The van der Waals surface area contributed by atoms with Gasteiger partial charge in [0.25, 0.3) is 0 Å². The fourth-order valence-corrected chi connectivity index (χ4v) is 5.25. The summed E-state index contributed by atoms with van der Waals surface area (Å²) in [5, 5.41) is 0.724. The van der Waals surface area contributed by atoms with Gasteiger partial charge in [0.05, 0.1) is 4.90 Å². The summed E-state index contributed by atoms with van der Waals surface area (Å²) in [6.45, 7) is 3.21. The van der Waals surface area contributed by atoms with Gasteiger partial charge in [0.15, 0.2) is 0 Å². The number of hydrogen-bond donors (Lipinski definition) is 0. The molecule has 0 spiro atoms. The van der Waals surface area contributed by atoms with Crippen molar-refractivity contribution in [1.29, 1.82) is 0 Å². The van der Waals surface area contributed by atoms with Crippen molar-refractivity contribution in [2.24, 2.45) is 0 Å². The Hall–Kier alpha value is -2.18. The average Bonchev–Trinajstić information content (AvgIpc) is 2.76. The van der Waals surface area contributed by atoms with Gasteiger partial charge in [0, 0.05) is 37.7 Å². The van der Waals surface area contributed by atoms with Gasteiger partial charge < -0.3 is 0 Å². The molecule has 1 saturated heterocycles. The van der Waals surface area contributed by atoms with E-state index < -0.39 is 10.0 Å². The lowest BCUT2D eigenvalue weighted by atomic mass is 9.99. The van der Waals surface area contributed by atoms with E-state index in [0.29, 0.717) is 31.1 Å². The van der Waals surface area contributed by atoms with E-state index in [0.717, 1.165) is 17.1 Å². The molecule has 0 atom stereocenters. The molecule has 1 fully saturated rings. The fourth-order valence-electron chi connectivity index (χ4n) is 3.68. The summed E-state index contributed by atoms with van der Waals surface area (Å²) in [4.78, 5) is 2.67. The van der Waals surface area contributed by atoms with Crippen LogP contribution in [0.25, 0.3) is 11.1 Å². The van der Waals surface area contributed by atoms with Gasteiger partial charge in [-0.2, -0.15) is 4.31 Å².